The Balaban J connectivity index is 1.76. The Morgan fingerprint density at radius 2 is 1.64 bits per heavy atom. The topological polar surface area (TPSA) is 130 Å². The molecule has 0 bridgehead atoms. The Morgan fingerprint density at radius 3 is 2.18 bits per heavy atom. The van der Waals surface area contributed by atoms with Crippen LogP contribution in [-0.2, 0) is 32.9 Å². The van der Waals surface area contributed by atoms with Gasteiger partial charge >= 0.3 is 11.9 Å². The largest absolute Gasteiger partial charge is 0.458 e. The lowest BCUT2D eigenvalue weighted by molar-refractivity contribution is -0.348. The Hall–Kier alpha value is -2.12. The van der Waals surface area contributed by atoms with E-state index in [9.17, 15) is 19.8 Å². The molecular formula is C39H60O10Si. The highest BCUT2D eigenvalue weighted by Crippen LogP contribution is 2.63. The number of fused-ring (bicyclic) bond motifs is 5. The first-order chi connectivity index (χ1) is 23.4. The summed E-state index contributed by atoms with van der Waals surface area (Å²) < 4.78 is 39.8. The standard InChI is InChI=1S/C39H60O10Si/c1-11-50(12-2,13-3)49-27(19-20-40)24(4)31-32-34(48-37(8,9)47-32)38(10)29(42)21-30-39(23-44-30,46-25(5)41)33(38)28(22-36(31,6)7)45-35(43)26-17-15-14-16-18-26/h14-18,27-30,32-34,40,42H,11-13,19-23H2,1-10H3/b31-24-/t27?,28?,29?,30?,32?,33?,34?,38-,39?/m1/s1. The van der Waals surface area contributed by atoms with Crippen molar-refractivity contribution in [3.63, 3.8) is 0 Å². The van der Waals surface area contributed by atoms with Crippen molar-refractivity contribution in [2.45, 2.75) is 155 Å². The van der Waals surface area contributed by atoms with Crippen LogP contribution in [0.2, 0.25) is 18.1 Å². The van der Waals surface area contributed by atoms with Crippen LogP contribution in [0, 0.1) is 16.7 Å². The van der Waals surface area contributed by atoms with E-state index < -0.39 is 78.9 Å². The summed E-state index contributed by atoms with van der Waals surface area (Å²) in [6.45, 7) is 20.0. The third-order valence-electron chi connectivity index (χ3n) is 12.4. The predicted octanol–water partition coefficient (Wildman–Crippen LogP) is 6.34. The van der Waals surface area contributed by atoms with E-state index in [1.807, 2.05) is 26.8 Å². The van der Waals surface area contributed by atoms with Crippen molar-refractivity contribution in [2.24, 2.45) is 16.7 Å². The molecule has 8 unspecified atom stereocenters. The Labute approximate surface area is 299 Å². The van der Waals surface area contributed by atoms with Gasteiger partial charge in [-0.1, -0.05) is 59.7 Å². The molecule has 0 radical (unpaired) electrons. The molecule has 1 aromatic carbocycles. The van der Waals surface area contributed by atoms with Gasteiger partial charge < -0.3 is 38.3 Å². The van der Waals surface area contributed by atoms with E-state index in [1.54, 1.807) is 24.3 Å². The molecule has 0 spiro atoms. The molecular weight excluding hydrogens is 657 g/mol. The van der Waals surface area contributed by atoms with E-state index in [-0.39, 0.29) is 25.7 Å². The van der Waals surface area contributed by atoms with E-state index in [1.165, 1.54) is 6.92 Å². The summed E-state index contributed by atoms with van der Waals surface area (Å²) in [6.07, 6.45) is -3.13. The quantitative estimate of drug-likeness (QED) is 0.152. The molecule has 2 N–H and O–H groups in total. The zero-order chi connectivity index (χ0) is 36.9. The van der Waals surface area contributed by atoms with Gasteiger partial charge in [0, 0.05) is 25.4 Å². The van der Waals surface area contributed by atoms with Crippen LogP contribution in [0.25, 0.3) is 0 Å². The van der Waals surface area contributed by atoms with E-state index >= 15 is 0 Å². The Morgan fingerprint density at radius 1 is 1.00 bits per heavy atom. The van der Waals surface area contributed by atoms with Gasteiger partial charge in [0.05, 0.1) is 36.4 Å². The minimum absolute atomic E-state index is 0.0452. The Kier molecular flexibility index (Phi) is 11.2. The second-order valence-corrected chi connectivity index (χ2v) is 21.0. The van der Waals surface area contributed by atoms with Crippen molar-refractivity contribution >= 4 is 20.3 Å². The molecule has 2 aliphatic heterocycles. The normalized spacial score (nSPS) is 36.0. The van der Waals surface area contributed by atoms with Gasteiger partial charge in [-0.25, -0.2) is 4.79 Å². The molecule has 280 valence electrons. The van der Waals surface area contributed by atoms with Crippen molar-refractivity contribution in [1.82, 2.24) is 0 Å². The summed E-state index contributed by atoms with van der Waals surface area (Å²) in [5.74, 6) is -2.71. The van der Waals surface area contributed by atoms with Crippen molar-refractivity contribution in [2.75, 3.05) is 13.2 Å². The van der Waals surface area contributed by atoms with Crippen LogP contribution in [-0.4, -0.2) is 91.7 Å². The van der Waals surface area contributed by atoms with E-state index in [0.717, 1.165) is 29.3 Å². The van der Waals surface area contributed by atoms with Crippen molar-refractivity contribution < 1.29 is 47.9 Å². The van der Waals surface area contributed by atoms with Gasteiger partial charge in [-0.05, 0) is 80.4 Å². The zero-order valence-corrected chi connectivity index (χ0v) is 32.7. The second kappa shape index (κ2) is 14.4. The predicted molar refractivity (Wildman–Crippen MR) is 191 cm³/mol. The van der Waals surface area contributed by atoms with Crippen molar-refractivity contribution in [1.29, 1.82) is 0 Å². The van der Waals surface area contributed by atoms with Crippen molar-refractivity contribution in [3.05, 3.63) is 47.0 Å². The van der Waals surface area contributed by atoms with Crippen molar-refractivity contribution in [3.8, 4) is 0 Å². The fourth-order valence-corrected chi connectivity index (χ4v) is 12.7. The molecule has 50 heavy (non-hydrogen) atoms. The maximum Gasteiger partial charge on any atom is 0.338 e. The number of aliphatic hydroxyl groups is 2. The summed E-state index contributed by atoms with van der Waals surface area (Å²) in [7, 11) is -2.13. The van der Waals surface area contributed by atoms with Gasteiger partial charge in [0.15, 0.2) is 19.7 Å². The SMILES string of the molecule is CC[Si](CC)(CC)OC(CCO)/C(C)=C1/C2OC(C)(C)OC2[C@]2(C)C(O)CC3OCC3(OC(C)=O)C2C(OC(=O)c2ccccc2)CC1(C)C. The number of esters is 2. The molecule has 2 heterocycles. The van der Waals surface area contributed by atoms with Gasteiger partial charge in [-0.2, -0.15) is 0 Å². The maximum absolute atomic E-state index is 14.0. The summed E-state index contributed by atoms with van der Waals surface area (Å²) >= 11 is 0. The Bertz CT molecular complexity index is 1410. The highest BCUT2D eigenvalue weighted by atomic mass is 28.4. The summed E-state index contributed by atoms with van der Waals surface area (Å²) in [6, 6.07) is 11.7. The van der Waals surface area contributed by atoms with Crippen LogP contribution < -0.4 is 0 Å². The fraction of sp³-hybridized carbons (Fsp3) is 0.744. The van der Waals surface area contributed by atoms with Crippen LogP contribution in [0.4, 0.5) is 0 Å². The number of aliphatic hydroxyl groups excluding tert-OH is 2. The molecule has 11 heteroatoms. The van der Waals surface area contributed by atoms with Crippen LogP contribution in [0.1, 0.15) is 98.9 Å². The highest BCUT2D eigenvalue weighted by molar-refractivity contribution is 6.73. The average molecular weight is 717 g/mol. The van der Waals surface area contributed by atoms with Gasteiger partial charge in [0.1, 0.15) is 18.3 Å². The number of carbonyl (C=O) groups excluding carboxylic acids is 2. The monoisotopic (exact) mass is 716 g/mol. The van der Waals surface area contributed by atoms with Gasteiger partial charge in [0.25, 0.3) is 0 Å². The second-order valence-electron chi connectivity index (χ2n) is 16.3. The lowest BCUT2D eigenvalue weighted by Crippen LogP contribution is -2.78. The zero-order valence-electron chi connectivity index (χ0n) is 31.7. The average Bonchev–Trinajstić information content (AvgIpc) is 3.37. The molecule has 1 aromatic rings. The molecule has 4 aliphatic rings. The third kappa shape index (κ3) is 6.76. The third-order valence-corrected chi connectivity index (χ3v) is 17.1. The highest BCUT2D eigenvalue weighted by Gasteiger charge is 2.75. The summed E-state index contributed by atoms with van der Waals surface area (Å²) in [5.41, 5.74) is -0.639. The van der Waals surface area contributed by atoms with E-state index in [0.29, 0.717) is 18.4 Å². The molecule has 10 nitrogen and oxygen atoms in total. The molecule has 9 atom stereocenters. The number of hydrogen-bond donors (Lipinski definition) is 2. The molecule has 4 fully saturated rings. The van der Waals surface area contributed by atoms with Crippen LogP contribution in [0.3, 0.4) is 0 Å². The summed E-state index contributed by atoms with van der Waals surface area (Å²) in [4.78, 5) is 26.8. The summed E-state index contributed by atoms with van der Waals surface area (Å²) in [5, 5.41) is 22.6. The first kappa shape index (κ1) is 39.1. The molecule has 5 rings (SSSR count). The van der Waals surface area contributed by atoms with Crippen LogP contribution in [0.5, 0.6) is 0 Å². The van der Waals surface area contributed by atoms with E-state index in [2.05, 4.69) is 41.5 Å². The maximum atomic E-state index is 14.0. The lowest BCUT2D eigenvalue weighted by atomic mass is 9.48. The number of carbonyl (C=O) groups is 2. The lowest BCUT2D eigenvalue weighted by Gasteiger charge is -2.66. The van der Waals surface area contributed by atoms with E-state index in [4.69, 9.17) is 28.1 Å². The van der Waals surface area contributed by atoms with Gasteiger partial charge in [-0.3, -0.25) is 4.79 Å². The first-order valence-corrected chi connectivity index (χ1v) is 21.1. The molecule has 2 aliphatic carbocycles. The molecule has 2 saturated carbocycles. The number of ether oxygens (including phenoxy) is 5. The fourth-order valence-electron chi connectivity index (χ4n) is 9.77. The molecule has 0 aromatic heterocycles. The minimum atomic E-state index is -2.13. The first-order valence-electron chi connectivity index (χ1n) is 18.5. The van der Waals surface area contributed by atoms with Crippen LogP contribution in [0.15, 0.2) is 41.5 Å². The smallest absolute Gasteiger partial charge is 0.338 e. The van der Waals surface area contributed by atoms with Crippen LogP contribution >= 0.6 is 0 Å². The number of rotatable bonds is 11. The molecule has 2 saturated heterocycles. The molecule has 0 amide bonds. The number of benzene rings is 1. The van der Waals surface area contributed by atoms with Gasteiger partial charge in [-0.15, -0.1) is 0 Å². The number of hydrogen-bond acceptors (Lipinski definition) is 10. The van der Waals surface area contributed by atoms with Gasteiger partial charge in [0.2, 0.25) is 0 Å². The minimum Gasteiger partial charge on any atom is -0.458 e.